The van der Waals surface area contributed by atoms with Crippen LogP contribution in [0.15, 0.2) is 18.3 Å². The first-order chi connectivity index (χ1) is 6.75. The van der Waals surface area contributed by atoms with E-state index in [4.69, 9.17) is 0 Å². The highest BCUT2D eigenvalue weighted by molar-refractivity contribution is 5.90. The summed E-state index contributed by atoms with van der Waals surface area (Å²) in [7, 11) is 0. The van der Waals surface area contributed by atoms with Crippen molar-refractivity contribution < 1.29 is 4.79 Å². The van der Waals surface area contributed by atoms with Gasteiger partial charge in [-0.3, -0.25) is 4.98 Å². The molecule has 14 heavy (non-hydrogen) atoms. The van der Waals surface area contributed by atoms with Crippen LogP contribution in [-0.2, 0) is 0 Å². The molecule has 1 aromatic heterocycles. The molecule has 0 radical (unpaired) electrons. The zero-order valence-electron chi connectivity index (χ0n) is 8.08. The molecule has 1 aliphatic carbocycles. The summed E-state index contributed by atoms with van der Waals surface area (Å²) in [5.74, 6) is 0. The summed E-state index contributed by atoms with van der Waals surface area (Å²) in [5, 5.41) is 5.62. The largest absolute Gasteiger partial charge is 0.335 e. The Balaban J connectivity index is 1.95. The first-order valence-electron chi connectivity index (χ1n) is 4.75. The van der Waals surface area contributed by atoms with Gasteiger partial charge in [-0.2, -0.15) is 0 Å². The molecular weight excluding hydrogens is 178 g/mol. The summed E-state index contributed by atoms with van der Waals surface area (Å²) in [4.78, 5) is 15.4. The van der Waals surface area contributed by atoms with Crippen LogP contribution in [0.3, 0.4) is 0 Å². The number of anilines is 1. The van der Waals surface area contributed by atoms with Gasteiger partial charge in [-0.25, -0.2) is 4.79 Å². The second kappa shape index (κ2) is 3.65. The Labute approximate surface area is 82.7 Å². The Hall–Kier alpha value is -1.58. The summed E-state index contributed by atoms with van der Waals surface area (Å²) in [5.41, 5.74) is 1.60. The topological polar surface area (TPSA) is 54.0 Å². The fourth-order valence-electron chi connectivity index (χ4n) is 1.19. The average Bonchev–Trinajstić information content (AvgIpc) is 2.93. The van der Waals surface area contributed by atoms with E-state index in [1.165, 1.54) is 0 Å². The lowest BCUT2D eigenvalue weighted by Crippen LogP contribution is -2.30. The van der Waals surface area contributed by atoms with Crippen molar-refractivity contribution in [1.29, 1.82) is 0 Å². The fraction of sp³-hybridized carbons (Fsp3) is 0.400. The molecule has 0 aliphatic heterocycles. The van der Waals surface area contributed by atoms with E-state index in [1.807, 2.05) is 13.0 Å². The summed E-state index contributed by atoms with van der Waals surface area (Å²) in [6, 6.07) is 3.89. The van der Waals surface area contributed by atoms with Gasteiger partial charge in [0.25, 0.3) is 0 Å². The van der Waals surface area contributed by atoms with E-state index in [2.05, 4.69) is 15.6 Å². The van der Waals surface area contributed by atoms with Crippen LogP contribution in [0.2, 0.25) is 0 Å². The molecule has 1 aliphatic rings. The Morgan fingerprint density at radius 2 is 2.36 bits per heavy atom. The maximum absolute atomic E-state index is 11.4. The normalized spacial score (nSPS) is 14.9. The van der Waals surface area contributed by atoms with Gasteiger partial charge in [0.2, 0.25) is 0 Å². The maximum atomic E-state index is 11.4. The van der Waals surface area contributed by atoms with Crippen molar-refractivity contribution in [2.75, 3.05) is 5.32 Å². The monoisotopic (exact) mass is 191 g/mol. The lowest BCUT2D eigenvalue weighted by Gasteiger charge is -2.07. The highest BCUT2D eigenvalue weighted by atomic mass is 16.2. The number of aryl methyl sites for hydroxylation is 1. The van der Waals surface area contributed by atoms with E-state index in [0.717, 1.165) is 24.2 Å². The number of nitrogens with zero attached hydrogens (tertiary/aromatic N) is 1. The molecule has 0 aromatic carbocycles. The summed E-state index contributed by atoms with van der Waals surface area (Å²) in [6.45, 7) is 1.87. The zero-order valence-corrected chi connectivity index (χ0v) is 8.08. The van der Waals surface area contributed by atoms with Gasteiger partial charge in [-0.15, -0.1) is 0 Å². The molecule has 0 saturated heterocycles. The van der Waals surface area contributed by atoms with Crippen LogP contribution in [0.1, 0.15) is 18.5 Å². The van der Waals surface area contributed by atoms with Crippen LogP contribution in [0, 0.1) is 6.92 Å². The summed E-state index contributed by atoms with van der Waals surface area (Å²) < 4.78 is 0. The number of pyridine rings is 1. The van der Waals surface area contributed by atoms with E-state index >= 15 is 0 Å². The lowest BCUT2D eigenvalue weighted by molar-refractivity contribution is 0.251. The number of hydrogen-bond acceptors (Lipinski definition) is 2. The molecule has 4 heteroatoms. The van der Waals surface area contributed by atoms with Crippen molar-refractivity contribution in [2.24, 2.45) is 0 Å². The van der Waals surface area contributed by atoms with E-state index in [1.54, 1.807) is 12.3 Å². The molecule has 0 atom stereocenters. The highest BCUT2D eigenvalue weighted by Crippen LogP contribution is 2.19. The van der Waals surface area contributed by atoms with E-state index in [0.29, 0.717) is 6.04 Å². The first kappa shape index (κ1) is 8.99. The predicted molar refractivity (Wildman–Crippen MR) is 54.2 cm³/mol. The molecule has 0 bridgehead atoms. The minimum Gasteiger partial charge on any atom is -0.335 e. The van der Waals surface area contributed by atoms with Crippen LogP contribution < -0.4 is 10.6 Å². The Morgan fingerprint density at radius 1 is 1.57 bits per heavy atom. The number of carbonyl (C=O) groups excluding carboxylic acids is 1. The van der Waals surface area contributed by atoms with Crippen molar-refractivity contribution in [3.05, 3.63) is 24.0 Å². The Bertz CT molecular complexity index is 347. The number of aromatic nitrogens is 1. The van der Waals surface area contributed by atoms with Gasteiger partial charge in [-0.05, 0) is 31.9 Å². The molecule has 1 heterocycles. The average molecular weight is 191 g/mol. The smallest absolute Gasteiger partial charge is 0.319 e. The molecule has 1 aromatic rings. The van der Waals surface area contributed by atoms with Crippen molar-refractivity contribution in [1.82, 2.24) is 10.3 Å². The van der Waals surface area contributed by atoms with Crippen LogP contribution in [0.5, 0.6) is 0 Å². The Kier molecular flexibility index (Phi) is 2.35. The van der Waals surface area contributed by atoms with Crippen molar-refractivity contribution >= 4 is 11.7 Å². The van der Waals surface area contributed by atoms with E-state index in [-0.39, 0.29) is 6.03 Å². The lowest BCUT2D eigenvalue weighted by atomic mass is 10.3. The molecule has 4 nitrogen and oxygen atoms in total. The first-order valence-corrected chi connectivity index (χ1v) is 4.75. The van der Waals surface area contributed by atoms with Crippen molar-refractivity contribution in [2.45, 2.75) is 25.8 Å². The summed E-state index contributed by atoms with van der Waals surface area (Å²) >= 11 is 0. The van der Waals surface area contributed by atoms with Gasteiger partial charge in [0.1, 0.15) is 0 Å². The molecule has 2 rings (SSSR count). The van der Waals surface area contributed by atoms with Crippen molar-refractivity contribution in [3.63, 3.8) is 0 Å². The third-order valence-electron chi connectivity index (χ3n) is 2.17. The van der Waals surface area contributed by atoms with Crippen molar-refractivity contribution in [3.8, 4) is 0 Å². The van der Waals surface area contributed by atoms with Gasteiger partial charge in [0.05, 0.1) is 11.4 Å². The SMILES string of the molecule is Cc1ncccc1NC(=O)NC1CC1. The third-order valence-corrected chi connectivity index (χ3v) is 2.17. The number of hydrogen-bond donors (Lipinski definition) is 2. The predicted octanol–water partition coefficient (Wildman–Crippen LogP) is 1.67. The molecule has 1 saturated carbocycles. The number of nitrogens with one attached hydrogen (secondary N) is 2. The summed E-state index contributed by atoms with van der Waals surface area (Å²) in [6.07, 6.45) is 3.90. The molecule has 2 amide bonds. The number of rotatable bonds is 2. The molecule has 74 valence electrons. The molecular formula is C10H13N3O. The Morgan fingerprint density at radius 3 is 3.00 bits per heavy atom. The van der Waals surface area contributed by atoms with Crippen LogP contribution in [0.25, 0.3) is 0 Å². The minimum absolute atomic E-state index is 0.136. The van der Waals surface area contributed by atoms with Gasteiger partial charge in [0.15, 0.2) is 0 Å². The van der Waals surface area contributed by atoms with Gasteiger partial charge in [0, 0.05) is 12.2 Å². The van der Waals surface area contributed by atoms with Gasteiger partial charge < -0.3 is 10.6 Å². The second-order valence-electron chi connectivity index (χ2n) is 3.51. The minimum atomic E-state index is -0.136. The van der Waals surface area contributed by atoms with Crippen LogP contribution in [-0.4, -0.2) is 17.1 Å². The fourth-order valence-corrected chi connectivity index (χ4v) is 1.19. The van der Waals surface area contributed by atoms with E-state index < -0.39 is 0 Å². The number of amides is 2. The van der Waals surface area contributed by atoms with Crippen LogP contribution >= 0.6 is 0 Å². The molecule has 1 fully saturated rings. The molecule has 0 unspecified atom stereocenters. The molecule has 0 spiro atoms. The number of carbonyl (C=O) groups is 1. The van der Waals surface area contributed by atoms with Gasteiger partial charge >= 0.3 is 6.03 Å². The maximum Gasteiger partial charge on any atom is 0.319 e. The molecule has 2 N–H and O–H groups in total. The second-order valence-corrected chi connectivity index (χ2v) is 3.51. The standard InChI is InChI=1S/C10H13N3O/c1-7-9(3-2-6-11-7)13-10(14)12-8-4-5-8/h2-3,6,8H,4-5H2,1H3,(H2,12,13,14). The van der Waals surface area contributed by atoms with Crippen LogP contribution in [0.4, 0.5) is 10.5 Å². The number of urea groups is 1. The highest BCUT2D eigenvalue weighted by Gasteiger charge is 2.23. The zero-order chi connectivity index (χ0) is 9.97. The quantitative estimate of drug-likeness (QED) is 0.747. The van der Waals surface area contributed by atoms with E-state index in [9.17, 15) is 4.79 Å². The van der Waals surface area contributed by atoms with Gasteiger partial charge in [-0.1, -0.05) is 0 Å². The third kappa shape index (κ3) is 2.22.